The lowest BCUT2D eigenvalue weighted by atomic mass is 9.98. The lowest BCUT2D eigenvalue weighted by Crippen LogP contribution is -2.40. The minimum Gasteiger partial charge on any atom is -0.445 e. The van der Waals surface area contributed by atoms with Gasteiger partial charge in [-0.2, -0.15) is 0 Å². The number of carbonyl (C=O) groups excluding carboxylic acids is 1. The molecule has 6 nitrogen and oxygen atoms in total. The summed E-state index contributed by atoms with van der Waals surface area (Å²) in [5.74, 6) is 1.36. The Balaban J connectivity index is 1.39. The van der Waals surface area contributed by atoms with Gasteiger partial charge in [-0.25, -0.2) is 14.4 Å². The molecule has 2 aromatic heterocycles. The number of nitrogens with zero attached hydrogens (tertiary/aromatic N) is 4. The van der Waals surface area contributed by atoms with E-state index in [1.165, 1.54) is 12.1 Å². The van der Waals surface area contributed by atoms with E-state index >= 15 is 0 Å². The fourth-order valence-electron chi connectivity index (χ4n) is 3.44. The summed E-state index contributed by atoms with van der Waals surface area (Å²) in [6, 6.07) is 6.37. The Morgan fingerprint density at radius 3 is 2.93 bits per heavy atom. The Bertz CT molecular complexity index is 889. The topological polar surface area (TPSA) is 64.2 Å². The van der Waals surface area contributed by atoms with E-state index in [1.807, 2.05) is 4.90 Å². The van der Waals surface area contributed by atoms with Crippen LogP contribution in [0.5, 0.6) is 0 Å². The summed E-state index contributed by atoms with van der Waals surface area (Å²) < 4.78 is 20.7. The van der Waals surface area contributed by atoms with Crippen LogP contribution in [-0.4, -0.2) is 38.4 Å². The molecular weight excluding hydrogens is 347 g/mol. The van der Waals surface area contributed by atoms with E-state index < -0.39 is 0 Å². The molecule has 3 heterocycles. The maximum atomic E-state index is 13.0. The third-order valence-corrected chi connectivity index (χ3v) is 4.86. The first-order chi connectivity index (χ1) is 13.2. The molecule has 0 radical (unpaired) electrons. The van der Waals surface area contributed by atoms with Gasteiger partial charge >= 0.3 is 0 Å². The standard InChI is InChI=1S/C20H21FN4O2/c21-17-5-3-15(4-6-17)10-18-11-23-20(27-18)16-2-1-8-25(12-16)19(26)13-24-9-7-22-14-24/h3-7,9,11,14,16H,1-2,8,10,12-13H2. The maximum absolute atomic E-state index is 13.0. The number of halogens is 1. The van der Waals surface area contributed by atoms with E-state index in [1.54, 1.807) is 41.6 Å². The number of imidazole rings is 1. The summed E-state index contributed by atoms with van der Waals surface area (Å²) in [6.45, 7) is 1.67. The normalized spacial score (nSPS) is 17.2. The molecule has 0 spiro atoms. The highest BCUT2D eigenvalue weighted by Gasteiger charge is 2.27. The van der Waals surface area contributed by atoms with Gasteiger partial charge in [0.05, 0.1) is 18.4 Å². The Hall–Kier alpha value is -2.96. The van der Waals surface area contributed by atoms with E-state index in [0.717, 1.165) is 30.7 Å². The highest BCUT2D eigenvalue weighted by atomic mass is 19.1. The Morgan fingerprint density at radius 2 is 2.15 bits per heavy atom. The lowest BCUT2D eigenvalue weighted by molar-refractivity contribution is -0.133. The first-order valence-electron chi connectivity index (χ1n) is 9.10. The molecule has 7 heteroatoms. The second-order valence-electron chi connectivity index (χ2n) is 6.88. The zero-order valence-corrected chi connectivity index (χ0v) is 14.9. The molecule has 3 aromatic rings. The van der Waals surface area contributed by atoms with Crippen molar-refractivity contribution in [3.05, 3.63) is 72.2 Å². The van der Waals surface area contributed by atoms with E-state index in [9.17, 15) is 9.18 Å². The van der Waals surface area contributed by atoms with Gasteiger partial charge in [-0.1, -0.05) is 12.1 Å². The summed E-state index contributed by atoms with van der Waals surface area (Å²) in [7, 11) is 0. The molecule has 1 unspecified atom stereocenters. The molecule has 0 saturated carbocycles. The van der Waals surface area contributed by atoms with Gasteiger partial charge in [0.1, 0.15) is 18.1 Å². The second-order valence-corrected chi connectivity index (χ2v) is 6.88. The SMILES string of the molecule is O=C(Cn1ccnc1)N1CCCC(c2ncc(Cc3ccc(F)cc3)o2)C1. The van der Waals surface area contributed by atoms with Gasteiger partial charge < -0.3 is 13.9 Å². The average molecular weight is 368 g/mol. The summed E-state index contributed by atoms with van der Waals surface area (Å²) in [4.78, 5) is 22.8. The minimum atomic E-state index is -0.250. The van der Waals surface area contributed by atoms with Crippen LogP contribution in [0, 0.1) is 5.82 Å². The van der Waals surface area contributed by atoms with Crippen LogP contribution >= 0.6 is 0 Å². The fraction of sp³-hybridized carbons (Fsp3) is 0.350. The van der Waals surface area contributed by atoms with Gasteiger partial charge in [0, 0.05) is 31.9 Å². The number of oxazole rings is 1. The van der Waals surface area contributed by atoms with E-state index in [-0.39, 0.29) is 17.6 Å². The Labute approximate surface area is 156 Å². The van der Waals surface area contributed by atoms with Gasteiger partial charge in [-0.05, 0) is 30.5 Å². The lowest BCUT2D eigenvalue weighted by Gasteiger charge is -2.31. The highest BCUT2D eigenvalue weighted by molar-refractivity contribution is 5.76. The van der Waals surface area contributed by atoms with Crippen molar-refractivity contribution >= 4 is 5.91 Å². The van der Waals surface area contributed by atoms with Crippen molar-refractivity contribution in [2.24, 2.45) is 0 Å². The molecule has 0 bridgehead atoms. The van der Waals surface area contributed by atoms with Gasteiger partial charge in [-0.15, -0.1) is 0 Å². The molecule has 4 rings (SSSR count). The van der Waals surface area contributed by atoms with Crippen molar-refractivity contribution in [1.29, 1.82) is 0 Å². The van der Waals surface area contributed by atoms with Crippen LogP contribution in [0.3, 0.4) is 0 Å². The Kier molecular flexibility index (Phi) is 5.00. The molecule has 1 fully saturated rings. The molecule has 1 saturated heterocycles. The Morgan fingerprint density at radius 1 is 1.30 bits per heavy atom. The summed E-state index contributed by atoms with van der Waals surface area (Å²) in [6.07, 6.45) is 9.28. The van der Waals surface area contributed by atoms with Crippen molar-refractivity contribution in [1.82, 2.24) is 19.4 Å². The third-order valence-electron chi connectivity index (χ3n) is 4.86. The number of piperidine rings is 1. The first kappa shape index (κ1) is 17.5. The van der Waals surface area contributed by atoms with Crippen molar-refractivity contribution in [2.45, 2.75) is 31.7 Å². The van der Waals surface area contributed by atoms with Crippen LogP contribution in [0.25, 0.3) is 0 Å². The van der Waals surface area contributed by atoms with Crippen LogP contribution in [0.4, 0.5) is 4.39 Å². The first-order valence-corrected chi connectivity index (χ1v) is 9.10. The zero-order valence-electron chi connectivity index (χ0n) is 14.9. The van der Waals surface area contributed by atoms with Crippen molar-refractivity contribution < 1.29 is 13.6 Å². The number of amides is 1. The molecule has 1 aromatic carbocycles. The average Bonchev–Trinajstić information content (AvgIpc) is 3.36. The van der Waals surface area contributed by atoms with Crippen LogP contribution in [-0.2, 0) is 17.8 Å². The summed E-state index contributed by atoms with van der Waals surface area (Å²) in [5, 5.41) is 0. The largest absolute Gasteiger partial charge is 0.445 e. The number of carbonyl (C=O) groups is 1. The van der Waals surface area contributed by atoms with Crippen molar-refractivity contribution in [3.8, 4) is 0 Å². The molecule has 140 valence electrons. The van der Waals surface area contributed by atoms with Gasteiger partial charge in [-0.3, -0.25) is 4.79 Å². The van der Waals surface area contributed by atoms with Crippen LogP contribution in [0.15, 0.2) is 53.6 Å². The molecule has 0 N–H and O–H groups in total. The number of benzene rings is 1. The molecule has 1 aliphatic heterocycles. The highest BCUT2D eigenvalue weighted by Crippen LogP contribution is 2.27. The number of likely N-dealkylation sites (tertiary alicyclic amines) is 1. The van der Waals surface area contributed by atoms with Crippen LogP contribution in [0.1, 0.15) is 36.0 Å². The van der Waals surface area contributed by atoms with Crippen molar-refractivity contribution in [3.63, 3.8) is 0 Å². The zero-order chi connectivity index (χ0) is 18.6. The molecule has 0 aliphatic carbocycles. The fourth-order valence-corrected chi connectivity index (χ4v) is 3.44. The molecule has 1 aliphatic rings. The maximum Gasteiger partial charge on any atom is 0.242 e. The monoisotopic (exact) mass is 368 g/mol. The van der Waals surface area contributed by atoms with Gasteiger partial charge in [0.15, 0.2) is 5.89 Å². The van der Waals surface area contributed by atoms with Crippen LogP contribution < -0.4 is 0 Å². The smallest absolute Gasteiger partial charge is 0.242 e. The predicted octanol–water partition coefficient (Wildman–Crippen LogP) is 3.01. The third kappa shape index (κ3) is 4.24. The molecule has 27 heavy (non-hydrogen) atoms. The summed E-state index contributed by atoms with van der Waals surface area (Å²) in [5.41, 5.74) is 0.972. The second kappa shape index (κ2) is 7.73. The minimum absolute atomic E-state index is 0.0794. The quantitative estimate of drug-likeness (QED) is 0.694. The number of aromatic nitrogens is 3. The van der Waals surface area contributed by atoms with Crippen LogP contribution in [0.2, 0.25) is 0 Å². The predicted molar refractivity (Wildman–Crippen MR) is 96.5 cm³/mol. The van der Waals surface area contributed by atoms with Gasteiger partial charge in [0.25, 0.3) is 0 Å². The molecule has 1 amide bonds. The van der Waals surface area contributed by atoms with E-state index in [4.69, 9.17) is 4.42 Å². The molecular formula is C20H21FN4O2. The van der Waals surface area contributed by atoms with Crippen molar-refractivity contribution in [2.75, 3.05) is 13.1 Å². The van der Waals surface area contributed by atoms with E-state index in [0.29, 0.717) is 25.4 Å². The molecule has 1 atom stereocenters. The number of hydrogen-bond donors (Lipinski definition) is 0. The number of hydrogen-bond acceptors (Lipinski definition) is 4. The summed E-state index contributed by atoms with van der Waals surface area (Å²) >= 11 is 0. The van der Waals surface area contributed by atoms with Gasteiger partial charge in [0.2, 0.25) is 5.91 Å². The van der Waals surface area contributed by atoms with E-state index in [2.05, 4.69) is 9.97 Å². The number of rotatable bonds is 5.